The van der Waals surface area contributed by atoms with Gasteiger partial charge in [0.1, 0.15) is 6.17 Å². The molecule has 1 rings (SSSR count). The number of thiocarbonyl (C=S) groups is 1. The number of nitrogens with one attached hydrogen (secondary N) is 1. The molecule has 0 saturated heterocycles. The van der Waals surface area contributed by atoms with E-state index >= 15 is 0 Å². The number of imidazole rings is 1. The summed E-state index contributed by atoms with van der Waals surface area (Å²) < 4.78 is 2.14. The van der Waals surface area contributed by atoms with Crippen molar-refractivity contribution in [1.82, 2.24) is 14.9 Å². The summed E-state index contributed by atoms with van der Waals surface area (Å²) >= 11 is 10.1. The molecule has 3 nitrogen and oxygen atoms in total. The van der Waals surface area contributed by atoms with Crippen LogP contribution in [0, 0.1) is 0 Å². The molecule has 1 N–H and O–H groups in total. The van der Waals surface area contributed by atoms with Gasteiger partial charge in [0.2, 0.25) is 0 Å². The van der Waals surface area contributed by atoms with Crippen LogP contribution in [0.25, 0.3) is 0 Å². The van der Waals surface area contributed by atoms with Crippen molar-refractivity contribution in [3.8, 4) is 0 Å². The maximum Gasteiger partial charge on any atom is 0.168 e. The number of rotatable bonds is 2. The molecule has 1 aromatic heterocycles. The van der Waals surface area contributed by atoms with Crippen LogP contribution in [0.4, 0.5) is 0 Å². The van der Waals surface area contributed by atoms with E-state index in [0.717, 1.165) is 0 Å². The summed E-state index contributed by atoms with van der Waals surface area (Å²) in [4.78, 5) is 3.89. The number of halogens is 1. The van der Waals surface area contributed by atoms with Crippen molar-refractivity contribution >= 4 is 28.3 Å². The van der Waals surface area contributed by atoms with Gasteiger partial charge in [-0.2, -0.15) is 0 Å². The molecule has 0 radical (unpaired) electrons. The summed E-state index contributed by atoms with van der Waals surface area (Å²) in [6.07, 6.45) is 5.30. The molecule has 1 heterocycles. The predicted octanol–water partition coefficient (Wildman–Crippen LogP) is 1.51. The van der Waals surface area contributed by atoms with Gasteiger partial charge in [0.15, 0.2) is 4.45 Å². The summed E-state index contributed by atoms with van der Waals surface area (Å²) in [7, 11) is 0. The smallest absolute Gasteiger partial charge is 0.168 e. The van der Waals surface area contributed by atoms with Crippen molar-refractivity contribution in [2.75, 3.05) is 0 Å². The van der Waals surface area contributed by atoms with Crippen LogP contribution in [-0.4, -0.2) is 14.0 Å². The van der Waals surface area contributed by atoms with Crippen molar-refractivity contribution in [3.63, 3.8) is 0 Å². The molecule has 0 spiro atoms. The fraction of sp³-hybridized carbons (Fsp3) is 0.333. The molecule has 1 atom stereocenters. The van der Waals surface area contributed by atoms with Gasteiger partial charge in [-0.05, 0) is 19.1 Å². The van der Waals surface area contributed by atoms with Gasteiger partial charge >= 0.3 is 0 Å². The van der Waals surface area contributed by atoms with Crippen LogP contribution >= 0.6 is 23.8 Å². The molecule has 1 aromatic rings. The van der Waals surface area contributed by atoms with E-state index in [1.807, 2.05) is 17.7 Å². The second-order valence-electron chi connectivity index (χ2n) is 2.10. The highest BCUT2D eigenvalue weighted by Gasteiger charge is 2.01. The summed E-state index contributed by atoms with van der Waals surface area (Å²) in [5, 5.41) is 2.86. The number of nitrogens with zero attached hydrogens (tertiary/aromatic N) is 2. The van der Waals surface area contributed by atoms with Gasteiger partial charge in [-0.25, -0.2) is 4.98 Å². The molecule has 0 aliphatic heterocycles. The zero-order valence-electron chi connectivity index (χ0n) is 5.99. The molecule has 0 aliphatic rings. The Morgan fingerprint density at radius 2 is 2.55 bits per heavy atom. The Labute approximate surface area is 75.4 Å². The molecular weight excluding hydrogens is 182 g/mol. The van der Waals surface area contributed by atoms with Crippen LogP contribution < -0.4 is 5.32 Å². The second kappa shape index (κ2) is 3.69. The minimum Gasteiger partial charge on any atom is -0.347 e. The molecule has 1 unspecified atom stereocenters. The van der Waals surface area contributed by atoms with Crippen LogP contribution in [0.1, 0.15) is 13.1 Å². The first-order valence-electron chi connectivity index (χ1n) is 3.13. The van der Waals surface area contributed by atoms with E-state index in [-0.39, 0.29) is 10.6 Å². The quantitative estimate of drug-likeness (QED) is 0.435. The van der Waals surface area contributed by atoms with Gasteiger partial charge in [0.05, 0.1) is 6.33 Å². The largest absolute Gasteiger partial charge is 0.347 e. The first-order valence-corrected chi connectivity index (χ1v) is 3.92. The first-order chi connectivity index (χ1) is 5.20. The Bertz CT molecular complexity index is 234. The molecule has 0 aromatic carbocycles. The van der Waals surface area contributed by atoms with Gasteiger partial charge in [-0.15, -0.1) is 0 Å². The van der Waals surface area contributed by atoms with E-state index in [1.54, 1.807) is 12.5 Å². The molecule has 0 saturated carbocycles. The molecule has 60 valence electrons. The SMILES string of the molecule is CC(NC(=S)Cl)n1ccnc1. The van der Waals surface area contributed by atoms with Crippen molar-refractivity contribution < 1.29 is 0 Å². The third-order valence-corrected chi connectivity index (χ3v) is 1.52. The van der Waals surface area contributed by atoms with Crippen LogP contribution in [-0.2, 0) is 0 Å². The first kappa shape index (κ1) is 8.49. The fourth-order valence-corrected chi connectivity index (χ4v) is 1.07. The average molecular weight is 190 g/mol. The Morgan fingerprint density at radius 3 is 3.00 bits per heavy atom. The molecule has 0 aliphatic carbocycles. The number of aromatic nitrogens is 2. The predicted molar refractivity (Wildman–Crippen MR) is 48.5 cm³/mol. The van der Waals surface area contributed by atoms with E-state index in [2.05, 4.69) is 22.5 Å². The fourth-order valence-electron chi connectivity index (χ4n) is 0.737. The minimum atomic E-state index is 0.0579. The van der Waals surface area contributed by atoms with Crippen LogP contribution in [0.5, 0.6) is 0 Å². The Balaban J connectivity index is 2.56. The van der Waals surface area contributed by atoms with E-state index in [1.165, 1.54) is 0 Å². The lowest BCUT2D eigenvalue weighted by Crippen LogP contribution is -2.24. The van der Waals surface area contributed by atoms with E-state index in [4.69, 9.17) is 11.6 Å². The molecule has 0 amide bonds. The topological polar surface area (TPSA) is 29.9 Å². The lowest BCUT2D eigenvalue weighted by atomic mass is 10.5. The number of hydrogen-bond acceptors (Lipinski definition) is 2. The molecule has 11 heavy (non-hydrogen) atoms. The lowest BCUT2D eigenvalue weighted by molar-refractivity contribution is 0.519. The Hall–Kier alpha value is -0.610. The van der Waals surface area contributed by atoms with Crippen molar-refractivity contribution in [2.45, 2.75) is 13.1 Å². The van der Waals surface area contributed by atoms with Crippen molar-refractivity contribution in [1.29, 1.82) is 0 Å². The summed E-state index contributed by atoms with van der Waals surface area (Å²) in [5.74, 6) is 0. The van der Waals surface area contributed by atoms with Gasteiger partial charge in [0, 0.05) is 12.4 Å². The third kappa shape index (κ3) is 2.48. The maximum atomic E-state index is 5.48. The highest BCUT2D eigenvalue weighted by molar-refractivity contribution is 7.83. The molecule has 0 bridgehead atoms. The normalized spacial score (nSPS) is 12.5. The van der Waals surface area contributed by atoms with E-state index < -0.39 is 0 Å². The van der Waals surface area contributed by atoms with Gasteiger partial charge in [0.25, 0.3) is 0 Å². The zero-order chi connectivity index (χ0) is 8.27. The maximum absolute atomic E-state index is 5.48. The van der Waals surface area contributed by atoms with Gasteiger partial charge < -0.3 is 9.88 Å². The van der Waals surface area contributed by atoms with E-state index in [0.29, 0.717) is 0 Å². The zero-order valence-corrected chi connectivity index (χ0v) is 7.56. The Kier molecular flexibility index (Phi) is 2.84. The lowest BCUT2D eigenvalue weighted by Gasteiger charge is -2.13. The molecular formula is C6H8ClN3S. The van der Waals surface area contributed by atoms with Crippen molar-refractivity contribution in [2.24, 2.45) is 0 Å². The Morgan fingerprint density at radius 1 is 1.82 bits per heavy atom. The molecule has 5 heteroatoms. The number of hydrogen-bond donors (Lipinski definition) is 1. The van der Waals surface area contributed by atoms with Crippen LogP contribution in [0.2, 0.25) is 0 Å². The minimum absolute atomic E-state index is 0.0579. The highest BCUT2D eigenvalue weighted by Crippen LogP contribution is 2.00. The highest BCUT2D eigenvalue weighted by atomic mass is 35.5. The standard InChI is InChI=1S/C6H8ClN3S/c1-5(9-6(7)11)10-3-2-8-4-10/h2-5H,1H3,(H,9,11). The summed E-state index contributed by atoms with van der Waals surface area (Å²) in [6, 6.07) is 0. The average Bonchev–Trinajstić information content (AvgIpc) is 2.35. The van der Waals surface area contributed by atoms with Crippen molar-refractivity contribution in [3.05, 3.63) is 18.7 Å². The second-order valence-corrected chi connectivity index (χ2v) is 3.11. The van der Waals surface area contributed by atoms with Gasteiger partial charge in [-0.3, -0.25) is 0 Å². The van der Waals surface area contributed by atoms with E-state index in [9.17, 15) is 0 Å². The van der Waals surface area contributed by atoms with Crippen LogP contribution in [0.3, 0.4) is 0 Å². The van der Waals surface area contributed by atoms with Crippen LogP contribution in [0.15, 0.2) is 18.7 Å². The third-order valence-electron chi connectivity index (χ3n) is 1.29. The summed E-state index contributed by atoms with van der Waals surface area (Å²) in [6.45, 7) is 1.94. The van der Waals surface area contributed by atoms with Gasteiger partial charge in [-0.1, -0.05) is 11.6 Å². The molecule has 0 fully saturated rings. The monoisotopic (exact) mass is 189 g/mol. The summed E-state index contributed by atoms with van der Waals surface area (Å²) in [5.41, 5.74) is 0.